The van der Waals surface area contributed by atoms with E-state index < -0.39 is 17.7 Å². The second kappa shape index (κ2) is 9.65. The first kappa shape index (κ1) is 19.6. The van der Waals surface area contributed by atoms with E-state index >= 15 is 0 Å². The van der Waals surface area contributed by atoms with Crippen molar-refractivity contribution in [1.82, 2.24) is 4.90 Å². The van der Waals surface area contributed by atoms with Crippen LogP contribution in [0.15, 0.2) is 41.0 Å². The van der Waals surface area contributed by atoms with E-state index in [-0.39, 0.29) is 19.7 Å². The maximum atomic E-state index is 13.9. The van der Waals surface area contributed by atoms with Crippen LogP contribution >= 0.6 is 0 Å². The third-order valence-corrected chi connectivity index (χ3v) is 3.60. The van der Waals surface area contributed by atoms with Crippen molar-refractivity contribution >= 4 is 0 Å². The molecule has 138 valence electrons. The Bertz CT molecular complexity index is 632. The first-order chi connectivity index (χ1) is 11.9. The van der Waals surface area contributed by atoms with E-state index in [0.29, 0.717) is 30.4 Å². The van der Waals surface area contributed by atoms with Crippen LogP contribution in [0.3, 0.4) is 0 Å². The van der Waals surface area contributed by atoms with Crippen molar-refractivity contribution in [2.75, 3.05) is 19.8 Å². The van der Waals surface area contributed by atoms with Gasteiger partial charge in [-0.3, -0.25) is 4.90 Å². The van der Waals surface area contributed by atoms with Gasteiger partial charge in [0.05, 0.1) is 25.5 Å². The van der Waals surface area contributed by atoms with Crippen molar-refractivity contribution in [2.24, 2.45) is 5.92 Å². The molecule has 0 bridgehead atoms. The Morgan fingerprint density at radius 1 is 1.16 bits per heavy atom. The lowest BCUT2D eigenvalue weighted by atomic mass is 10.1. The molecule has 1 heterocycles. The van der Waals surface area contributed by atoms with Gasteiger partial charge in [0.25, 0.3) is 0 Å². The molecule has 0 radical (unpaired) electrons. The highest BCUT2D eigenvalue weighted by atomic mass is 19.1. The molecular weight excluding hydrogens is 328 g/mol. The summed E-state index contributed by atoms with van der Waals surface area (Å²) >= 11 is 0. The molecule has 0 saturated heterocycles. The highest BCUT2D eigenvalue weighted by molar-refractivity contribution is 5.18. The van der Waals surface area contributed by atoms with Crippen LogP contribution in [0.1, 0.15) is 25.2 Å². The molecule has 0 unspecified atom stereocenters. The van der Waals surface area contributed by atoms with Crippen LogP contribution in [0.5, 0.6) is 0 Å². The lowest BCUT2D eigenvalue weighted by Crippen LogP contribution is -2.34. The number of hydrogen-bond acceptors (Lipinski definition) is 4. The van der Waals surface area contributed by atoms with Gasteiger partial charge in [-0.1, -0.05) is 19.9 Å². The molecule has 2 aromatic rings. The lowest BCUT2D eigenvalue weighted by molar-refractivity contribution is 0.00444. The Hall–Kier alpha value is -1.76. The number of aliphatic hydroxyl groups excluding tert-OH is 1. The fourth-order valence-electron chi connectivity index (χ4n) is 2.49. The van der Waals surface area contributed by atoms with Crippen LogP contribution in [0.2, 0.25) is 0 Å². The van der Waals surface area contributed by atoms with Crippen molar-refractivity contribution in [1.29, 1.82) is 0 Å². The summed E-state index contributed by atoms with van der Waals surface area (Å²) in [5.74, 6) is -0.117. The SMILES string of the molecule is CC(C)COC[C@@H](O)CN(Cc1ccco1)Cc1ccc(F)cc1F. The first-order valence-electron chi connectivity index (χ1n) is 8.38. The van der Waals surface area contributed by atoms with Gasteiger partial charge in [-0.2, -0.15) is 0 Å². The highest BCUT2D eigenvalue weighted by Gasteiger charge is 2.16. The molecule has 0 aliphatic rings. The number of nitrogens with zero attached hydrogens (tertiary/aromatic N) is 1. The summed E-state index contributed by atoms with van der Waals surface area (Å²) in [6.45, 7) is 5.77. The van der Waals surface area contributed by atoms with Crippen LogP contribution in [0, 0.1) is 17.6 Å². The minimum atomic E-state index is -0.711. The smallest absolute Gasteiger partial charge is 0.130 e. The molecule has 1 aromatic heterocycles. The van der Waals surface area contributed by atoms with Gasteiger partial charge in [0.1, 0.15) is 17.4 Å². The van der Waals surface area contributed by atoms with Crippen LogP contribution in [-0.4, -0.2) is 35.9 Å². The van der Waals surface area contributed by atoms with Gasteiger partial charge in [-0.25, -0.2) is 8.78 Å². The molecule has 2 rings (SSSR count). The van der Waals surface area contributed by atoms with Crippen LogP contribution in [0.4, 0.5) is 8.78 Å². The number of furan rings is 1. The van der Waals surface area contributed by atoms with E-state index in [1.807, 2.05) is 24.8 Å². The first-order valence-corrected chi connectivity index (χ1v) is 8.38. The van der Waals surface area contributed by atoms with Crippen LogP contribution < -0.4 is 0 Å². The Morgan fingerprint density at radius 3 is 2.60 bits per heavy atom. The third-order valence-electron chi connectivity index (χ3n) is 3.60. The molecule has 1 aromatic carbocycles. The summed E-state index contributed by atoms with van der Waals surface area (Å²) in [5.41, 5.74) is 0.364. The Balaban J connectivity index is 1.99. The molecule has 4 nitrogen and oxygen atoms in total. The van der Waals surface area contributed by atoms with E-state index in [1.54, 1.807) is 12.3 Å². The number of halogens is 2. The van der Waals surface area contributed by atoms with Gasteiger partial charge in [0.15, 0.2) is 0 Å². The Morgan fingerprint density at radius 2 is 1.96 bits per heavy atom. The number of benzene rings is 1. The Labute approximate surface area is 147 Å². The average Bonchev–Trinajstić information content (AvgIpc) is 3.02. The van der Waals surface area contributed by atoms with E-state index in [0.717, 1.165) is 6.07 Å². The van der Waals surface area contributed by atoms with E-state index in [1.165, 1.54) is 12.1 Å². The van der Waals surface area contributed by atoms with Gasteiger partial charge in [-0.15, -0.1) is 0 Å². The molecule has 25 heavy (non-hydrogen) atoms. The Kier molecular flexibility index (Phi) is 7.55. The molecule has 0 spiro atoms. The standard InChI is InChI=1S/C19H25F2NO3/c1-14(2)12-24-13-17(23)10-22(11-18-4-3-7-25-18)9-15-5-6-16(20)8-19(15)21/h3-8,14,17,23H,9-13H2,1-2H3/t17-/m0/s1. The van der Waals surface area contributed by atoms with Crippen LogP contribution in [-0.2, 0) is 17.8 Å². The summed E-state index contributed by atoms with van der Waals surface area (Å²) in [4.78, 5) is 1.85. The number of hydrogen-bond donors (Lipinski definition) is 1. The minimum absolute atomic E-state index is 0.207. The molecular formula is C19H25F2NO3. The molecule has 1 atom stereocenters. The van der Waals surface area contributed by atoms with E-state index in [4.69, 9.17) is 9.15 Å². The second-order valence-corrected chi connectivity index (χ2v) is 6.57. The third kappa shape index (κ3) is 6.94. The maximum absolute atomic E-state index is 13.9. The van der Waals surface area contributed by atoms with Gasteiger partial charge in [0.2, 0.25) is 0 Å². The number of aliphatic hydroxyl groups is 1. The maximum Gasteiger partial charge on any atom is 0.130 e. The van der Waals surface area contributed by atoms with Gasteiger partial charge < -0.3 is 14.3 Å². The summed E-state index contributed by atoms with van der Waals surface area (Å²) in [5, 5.41) is 10.2. The zero-order valence-electron chi connectivity index (χ0n) is 14.6. The van der Waals surface area contributed by atoms with E-state index in [2.05, 4.69) is 0 Å². The van der Waals surface area contributed by atoms with Crippen molar-refractivity contribution in [3.8, 4) is 0 Å². The predicted octanol–water partition coefficient (Wildman–Crippen LogP) is 3.59. The zero-order valence-corrected chi connectivity index (χ0v) is 14.6. The monoisotopic (exact) mass is 353 g/mol. The van der Waals surface area contributed by atoms with Crippen molar-refractivity contribution in [3.05, 3.63) is 59.6 Å². The summed E-state index contributed by atoms with van der Waals surface area (Å²) in [6, 6.07) is 7.10. The van der Waals surface area contributed by atoms with Gasteiger partial charge in [0, 0.05) is 31.3 Å². The normalized spacial score (nSPS) is 12.9. The largest absolute Gasteiger partial charge is 0.468 e. The van der Waals surface area contributed by atoms with Crippen LogP contribution in [0.25, 0.3) is 0 Å². The van der Waals surface area contributed by atoms with E-state index in [9.17, 15) is 13.9 Å². The molecule has 0 aliphatic carbocycles. The average molecular weight is 353 g/mol. The van der Waals surface area contributed by atoms with Gasteiger partial charge >= 0.3 is 0 Å². The molecule has 0 saturated carbocycles. The molecule has 0 amide bonds. The van der Waals surface area contributed by atoms with Crippen molar-refractivity contribution in [3.63, 3.8) is 0 Å². The minimum Gasteiger partial charge on any atom is -0.468 e. The zero-order chi connectivity index (χ0) is 18.2. The summed E-state index contributed by atoms with van der Waals surface area (Å²) in [6.07, 6.45) is 0.853. The number of rotatable bonds is 10. The van der Waals surface area contributed by atoms with Crippen molar-refractivity contribution < 1.29 is 23.0 Å². The molecule has 6 heteroatoms. The fraction of sp³-hybridized carbons (Fsp3) is 0.474. The summed E-state index contributed by atoms with van der Waals surface area (Å²) in [7, 11) is 0. The molecule has 1 N–H and O–H groups in total. The predicted molar refractivity (Wildman–Crippen MR) is 90.8 cm³/mol. The highest BCUT2D eigenvalue weighted by Crippen LogP contribution is 2.15. The van der Waals surface area contributed by atoms with Crippen molar-refractivity contribution in [2.45, 2.75) is 33.0 Å². The molecule has 0 aliphatic heterocycles. The van der Waals surface area contributed by atoms with Gasteiger partial charge in [-0.05, 0) is 24.1 Å². The fourth-order valence-corrected chi connectivity index (χ4v) is 2.49. The second-order valence-electron chi connectivity index (χ2n) is 6.57. The number of ether oxygens (including phenoxy) is 1. The topological polar surface area (TPSA) is 45.8 Å². The summed E-state index contributed by atoms with van der Waals surface area (Å²) < 4.78 is 37.8. The molecule has 0 fully saturated rings. The quantitative estimate of drug-likeness (QED) is 0.709. The lowest BCUT2D eigenvalue weighted by Gasteiger charge is -2.24.